The fraction of sp³-hybridized carbons (Fsp3) is 0.250. The number of nitrogens with zero attached hydrogens (tertiary/aromatic N) is 1. The van der Waals surface area contributed by atoms with Gasteiger partial charge in [-0.2, -0.15) is 8.42 Å². The van der Waals surface area contributed by atoms with E-state index in [4.69, 9.17) is 4.18 Å². The van der Waals surface area contributed by atoms with Crippen molar-refractivity contribution < 1.29 is 22.2 Å². The Labute approximate surface area is 203 Å². The van der Waals surface area contributed by atoms with Crippen LogP contribution in [0.1, 0.15) is 64.4 Å². The van der Waals surface area contributed by atoms with Crippen LogP contribution in [0.4, 0.5) is 0 Å². The molecule has 0 radical (unpaired) electrons. The van der Waals surface area contributed by atoms with Gasteiger partial charge in [-0.15, -0.1) is 0 Å². The number of carbonyl (C=O) groups is 2. The van der Waals surface area contributed by atoms with Crippen LogP contribution in [0.5, 0.6) is 5.75 Å². The summed E-state index contributed by atoms with van der Waals surface area (Å²) in [7, 11) is -3.82. The van der Waals surface area contributed by atoms with E-state index in [1.807, 2.05) is 24.3 Å². The summed E-state index contributed by atoms with van der Waals surface area (Å²) in [5.74, 6) is -1.53. The molecule has 1 saturated carbocycles. The molecular formula is C28H23NO5S. The Balaban J connectivity index is 1.39. The van der Waals surface area contributed by atoms with E-state index >= 15 is 0 Å². The zero-order valence-corrected chi connectivity index (χ0v) is 19.8. The predicted molar refractivity (Wildman–Crippen MR) is 134 cm³/mol. The monoisotopic (exact) mass is 485 g/mol. The van der Waals surface area contributed by atoms with E-state index < -0.39 is 21.3 Å². The van der Waals surface area contributed by atoms with Gasteiger partial charge in [0.2, 0.25) is 0 Å². The Kier molecular flexibility index (Phi) is 5.18. The summed E-state index contributed by atoms with van der Waals surface area (Å²) in [6.45, 7) is 0. The van der Waals surface area contributed by atoms with Crippen LogP contribution < -0.4 is 4.18 Å². The highest BCUT2D eigenvalue weighted by molar-refractivity contribution is 7.87. The van der Waals surface area contributed by atoms with E-state index in [-0.39, 0.29) is 17.3 Å². The molecule has 4 aromatic rings. The van der Waals surface area contributed by atoms with Gasteiger partial charge < -0.3 is 4.18 Å². The molecule has 0 N–H and O–H groups in total. The van der Waals surface area contributed by atoms with Crippen molar-refractivity contribution in [3.05, 3.63) is 83.6 Å². The molecule has 0 unspecified atom stereocenters. The lowest BCUT2D eigenvalue weighted by Gasteiger charge is -2.21. The van der Waals surface area contributed by atoms with Crippen LogP contribution in [0.15, 0.2) is 66.7 Å². The number of ketones is 2. The summed E-state index contributed by atoms with van der Waals surface area (Å²) in [5, 5.41) is 1.92. The molecule has 7 heteroatoms. The zero-order chi connectivity index (χ0) is 24.2. The van der Waals surface area contributed by atoms with Gasteiger partial charge >= 0.3 is 10.1 Å². The van der Waals surface area contributed by atoms with Crippen molar-refractivity contribution in [1.29, 1.82) is 0 Å². The molecule has 6 nitrogen and oxygen atoms in total. The van der Waals surface area contributed by atoms with Crippen molar-refractivity contribution in [3.63, 3.8) is 0 Å². The van der Waals surface area contributed by atoms with Crippen LogP contribution in [0.3, 0.4) is 0 Å². The first-order valence-corrected chi connectivity index (χ1v) is 13.3. The molecule has 3 aromatic carbocycles. The minimum Gasteiger partial charge on any atom is -0.380 e. The van der Waals surface area contributed by atoms with Crippen molar-refractivity contribution in [2.45, 2.75) is 43.3 Å². The molecule has 1 aromatic heterocycles. The molecule has 0 bridgehead atoms. The van der Waals surface area contributed by atoms with Gasteiger partial charge in [0.25, 0.3) is 0 Å². The number of pyridine rings is 1. The first kappa shape index (κ1) is 21.9. The molecule has 1 heterocycles. The van der Waals surface area contributed by atoms with Crippen molar-refractivity contribution >= 4 is 43.4 Å². The van der Waals surface area contributed by atoms with Crippen molar-refractivity contribution in [1.82, 2.24) is 4.98 Å². The maximum absolute atomic E-state index is 13.3. The fourth-order valence-electron chi connectivity index (χ4n) is 5.26. The molecule has 2 aliphatic carbocycles. The van der Waals surface area contributed by atoms with E-state index in [1.54, 1.807) is 42.5 Å². The van der Waals surface area contributed by atoms with E-state index in [0.29, 0.717) is 40.6 Å². The smallest absolute Gasteiger partial charge is 0.312 e. The molecule has 6 rings (SSSR count). The average Bonchev–Trinajstić information content (AvgIpc) is 3.12. The van der Waals surface area contributed by atoms with E-state index in [9.17, 15) is 18.0 Å². The van der Waals surface area contributed by atoms with Crippen LogP contribution in [-0.4, -0.2) is 30.2 Å². The molecule has 0 saturated heterocycles. The van der Waals surface area contributed by atoms with Gasteiger partial charge in [-0.05, 0) is 47.9 Å². The van der Waals surface area contributed by atoms with Gasteiger partial charge in [-0.3, -0.25) is 9.59 Å². The van der Waals surface area contributed by atoms with Gasteiger partial charge in [0.05, 0.1) is 10.9 Å². The molecule has 0 atom stereocenters. The lowest BCUT2D eigenvalue weighted by molar-refractivity contribution is 0.0888. The van der Waals surface area contributed by atoms with Crippen LogP contribution in [-0.2, 0) is 10.1 Å². The topological polar surface area (TPSA) is 90.4 Å². The number of hydrogen-bond donors (Lipinski definition) is 0. The Morgan fingerprint density at radius 2 is 1.37 bits per heavy atom. The van der Waals surface area contributed by atoms with Crippen LogP contribution in [0.25, 0.3) is 21.7 Å². The van der Waals surface area contributed by atoms with E-state index in [0.717, 1.165) is 30.0 Å². The minimum atomic E-state index is -3.82. The number of Topliss-reactive ketones (excluding diaryl/α,β-unsaturated/α-hetero) is 2. The Hall–Kier alpha value is -3.58. The normalized spacial score (nSPS) is 17.3. The van der Waals surface area contributed by atoms with E-state index in [1.165, 1.54) is 0 Å². The highest BCUT2D eigenvalue weighted by Crippen LogP contribution is 2.37. The second-order valence-corrected chi connectivity index (χ2v) is 11.1. The number of rotatable bonds is 4. The van der Waals surface area contributed by atoms with Gasteiger partial charge in [0, 0.05) is 16.5 Å². The highest BCUT2D eigenvalue weighted by Gasteiger charge is 2.41. The summed E-state index contributed by atoms with van der Waals surface area (Å²) in [6.07, 6.45) is 3.94. The van der Waals surface area contributed by atoms with Crippen molar-refractivity contribution in [3.8, 4) is 5.75 Å². The first-order chi connectivity index (χ1) is 16.9. The third-order valence-corrected chi connectivity index (χ3v) is 8.81. The largest absolute Gasteiger partial charge is 0.380 e. The number of para-hydroxylation sites is 1. The van der Waals surface area contributed by atoms with Gasteiger partial charge in [0.15, 0.2) is 17.3 Å². The average molecular weight is 486 g/mol. The number of fused-ring (bicyclic) bond motifs is 3. The maximum atomic E-state index is 13.3. The number of hydrogen-bond acceptors (Lipinski definition) is 6. The summed E-state index contributed by atoms with van der Waals surface area (Å²) in [4.78, 5) is 31.2. The third kappa shape index (κ3) is 3.71. The summed E-state index contributed by atoms with van der Waals surface area (Å²) in [6, 6.07) is 19.6. The number of carbonyl (C=O) groups excluding carboxylic acids is 2. The Morgan fingerprint density at radius 3 is 2.03 bits per heavy atom. The minimum absolute atomic E-state index is 0.121. The summed E-state index contributed by atoms with van der Waals surface area (Å²) in [5.41, 5.74) is 1.40. The fourth-order valence-corrected chi connectivity index (χ4v) is 6.69. The second-order valence-electron chi connectivity index (χ2n) is 9.31. The second kappa shape index (κ2) is 8.27. The summed E-state index contributed by atoms with van der Waals surface area (Å²) >= 11 is 0. The van der Waals surface area contributed by atoms with Crippen LogP contribution in [0, 0.1) is 0 Å². The molecule has 0 aliphatic heterocycles. The van der Waals surface area contributed by atoms with Crippen LogP contribution in [0.2, 0.25) is 0 Å². The molecule has 0 spiro atoms. The standard InChI is InChI=1S/C28H23NO5S/c30-27-21-15-18-7-4-5-8-19(18)16-22(21)28(31)25(27)23-14-13-17-9-6-12-24(26(17)29-23)34-35(32,33)20-10-2-1-3-11-20/h4-9,12-16,20,25H,1-3,10-11H2. The first-order valence-electron chi connectivity index (χ1n) is 11.9. The van der Waals surface area contributed by atoms with Gasteiger partial charge in [-0.25, -0.2) is 4.98 Å². The zero-order valence-electron chi connectivity index (χ0n) is 18.9. The maximum Gasteiger partial charge on any atom is 0.312 e. The summed E-state index contributed by atoms with van der Waals surface area (Å²) < 4.78 is 31.5. The molecule has 35 heavy (non-hydrogen) atoms. The van der Waals surface area contributed by atoms with E-state index in [2.05, 4.69) is 4.98 Å². The molecule has 0 amide bonds. The SMILES string of the molecule is O=C1c2cc3ccccc3cc2C(=O)C1c1ccc2cccc(OS(=O)(=O)C3CCCCC3)c2n1. The molecule has 1 fully saturated rings. The highest BCUT2D eigenvalue weighted by atomic mass is 32.2. The van der Waals surface area contributed by atoms with Gasteiger partial charge in [-0.1, -0.05) is 61.7 Å². The molecule has 2 aliphatic rings. The Morgan fingerprint density at radius 1 is 0.743 bits per heavy atom. The van der Waals surface area contributed by atoms with Gasteiger partial charge in [0.1, 0.15) is 11.4 Å². The molecular weight excluding hydrogens is 462 g/mol. The van der Waals surface area contributed by atoms with Crippen molar-refractivity contribution in [2.24, 2.45) is 0 Å². The lowest BCUT2D eigenvalue weighted by atomic mass is 9.98. The van der Waals surface area contributed by atoms with Crippen LogP contribution >= 0.6 is 0 Å². The Bertz CT molecular complexity index is 1570. The quantitative estimate of drug-likeness (QED) is 0.276. The number of aromatic nitrogens is 1. The third-order valence-electron chi connectivity index (χ3n) is 7.11. The van der Waals surface area contributed by atoms with Crippen molar-refractivity contribution in [2.75, 3.05) is 0 Å². The number of benzene rings is 3. The lowest BCUT2D eigenvalue weighted by Crippen LogP contribution is -2.28. The molecule has 176 valence electrons. The predicted octanol–water partition coefficient (Wildman–Crippen LogP) is 5.59.